The summed E-state index contributed by atoms with van der Waals surface area (Å²) >= 11 is 0. The van der Waals surface area contributed by atoms with Crippen molar-refractivity contribution in [2.24, 2.45) is 0 Å². The summed E-state index contributed by atoms with van der Waals surface area (Å²) in [5.41, 5.74) is 2.26. The molecular weight excluding hydrogens is 316 g/mol. The molecule has 0 saturated heterocycles. The molecule has 1 atom stereocenters. The minimum absolute atomic E-state index is 0.235. The maximum absolute atomic E-state index is 10.2. The van der Waals surface area contributed by atoms with Gasteiger partial charge in [-0.15, -0.1) is 0 Å². The molecule has 1 rings (SSSR count). The minimum atomic E-state index is -0.549. The Hall–Kier alpha value is -1.56. The van der Waals surface area contributed by atoms with Gasteiger partial charge in [0.15, 0.2) is 11.5 Å². The fourth-order valence-electron chi connectivity index (χ4n) is 2.54. The van der Waals surface area contributed by atoms with Gasteiger partial charge in [0.25, 0.3) is 0 Å². The monoisotopic (exact) mass is 350 g/mol. The van der Waals surface area contributed by atoms with E-state index in [0.717, 1.165) is 24.2 Å². The van der Waals surface area contributed by atoms with Crippen molar-refractivity contribution in [3.63, 3.8) is 0 Å². The van der Waals surface area contributed by atoms with Gasteiger partial charge in [-0.1, -0.05) is 18.2 Å². The van der Waals surface area contributed by atoms with Crippen LogP contribution >= 0.6 is 0 Å². The predicted octanol–water partition coefficient (Wildman–Crippen LogP) is 2.78. The highest BCUT2D eigenvalue weighted by atomic mass is 16.5. The van der Waals surface area contributed by atoms with Crippen molar-refractivity contribution in [2.75, 3.05) is 40.9 Å². The van der Waals surface area contributed by atoms with Gasteiger partial charge in [0.05, 0.1) is 7.11 Å². The van der Waals surface area contributed by atoms with Crippen molar-refractivity contribution < 1.29 is 14.6 Å². The van der Waals surface area contributed by atoms with E-state index in [1.54, 1.807) is 7.11 Å². The largest absolute Gasteiger partial charge is 0.493 e. The first kappa shape index (κ1) is 21.5. The Balaban J connectivity index is 2.70. The highest BCUT2D eigenvalue weighted by molar-refractivity contribution is 5.43. The molecule has 1 N–H and O–H groups in total. The van der Waals surface area contributed by atoms with Crippen molar-refractivity contribution >= 4 is 0 Å². The smallest absolute Gasteiger partial charge is 0.161 e. The Bertz CT molecular complexity index is 546. The number of hydrogen-bond acceptors (Lipinski definition) is 5. The fraction of sp³-hybridized carbons (Fsp3) is 0.600. The SMILES string of the molecule is C=C(C)CN(C)Cc1ccc(OC)c(OCC(O)CN(C)C(C)C)c1. The van der Waals surface area contributed by atoms with Crippen LogP contribution in [0, 0.1) is 0 Å². The van der Waals surface area contributed by atoms with Crippen LogP contribution in [0.5, 0.6) is 11.5 Å². The molecule has 0 spiro atoms. The molecule has 5 heteroatoms. The van der Waals surface area contributed by atoms with Crippen LogP contribution in [0.3, 0.4) is 0 Å². The first-order valence-electron chi connectivity index (χ1n) is 8.73. The summed E-state index contributed by atoms with van der Waals surface area (Å²) < 4.78 is 11.2. The molecule has 0 aromatic heterocycles. The van der Waals surface area contributed by atoms with Gasteiger partial charge in [-0.05, 0) is 52.6 Å². The fourth-order valence-corrected chi connectivity index (χ4v) is 2.54. The molecule has 0 saturated carbocycles. The van der Waals surface area contributed by atoms with E-state index >= 15 is 0 Å². The van der Waals surface area contributed by atoms with E-state index in [-0.39, 0.29) is 6.61 Å². The molecule has 0 amide bonds. The van der Waals surface area contributed by atoms with Crippen molar-refractivity contribution in [1.82, 2.24) is 9.80 Å². The summed E-state index contributed by atoms with van der Waals surface area (Å²) in [6.45, 7) is 12.6. The molecule has 1 aromatic carbocycles. The van der Waals surface area contributed by atoms with Gasteiger partial charge in [-0.3, -0.25) is 4.90 Å². The summed E-state index contributed by atoms with van der Waals surface area (Å²) in [6.07, 6.45) is -0.549. The number of likely N-dealkylation sites (N-methyl/N-ethyl adjacent to an activating group) is 2. The zero-order valence-corrected chi connectivity index (χ0v) is 16.6. The quantitative estimate of drug-likeness (QED) is 0.622. The lowest BCUT2D eigenvalue weighted by Gasteiger charge is -2.24. The van der Waals surface area contributed by atoms with E-state index in [9.17, 15) is 5.11 Å². The zero-order chi connectivity index (χ0) is 19.0. The minimum Gasteiger partial charge on any atom is -0.493 e. The van der Waals surface area contributed by atoms with Gasteiger partial charge in [0, 0.05) is 25.7 Å². The number of aliphatic hydroxyl groups excluding tert-OH is 1. The van der Waals surface area contributed by atoms with Gasteiger partial charge in [0.2, 0.25) is 0 Å². The van der Waals surface area contributed by atoms with Gasteiger partial charge >= 0.3 is 0 Å². The van der Waals surface area contributed by atoms with Crippen LogP contribution in [0.25, 0.3) is 0 Å². The second-order valence-electron chi connectivity index (χ2n) is 7.11. The van der Waals surface area contributed by atoms with Gasteiger partial charge in [-0.2, -0.15) is 0 Å². The number of nitrogens with zero attached hydrogens (tertiary/aromatic N) is 2. The molecule has 25 heavy (non-hydrogen) atoms. The Morgan fingerprint density at radius 2 is 1.92 bits per heavy atom. The summed E-state index contributed by atoms with van der Waals surface area (Å²) in [5.74, 6) is 1.34. The van der Waals surface area contributed by atoms with E-state index in [1.807, 2.05) is 32.2 Å². The summed E-state index contributed by atoms with van der Waals surface area (Å²) in [4.78, 5) is 4.29. The summed E-state index contributed by atoms with van der Waals surface area (Å²) in [7, 11) is 5.68. The topological polar surface area (TPSA) is 45.2 Å². The maximum Gasteiger partial charge on any atom is 0.161 e. The van der Waals surface area contributed by atoms with Crippen molar-refractivity contribution in [1.29, 1.82) is 0 Å². The molecule has 0 aliphatic rings. The van der Waals surface area contributed by atoms with E-state index in [1.165, 1.54) is 0 Å². The number of rotatable bonds is 11. The molecule has 142 valence electrons. The normalized spacial score (nSPS) is 12.7. The summed E-state index contributed by atoms with van der Waals surface area (Å²) in [5, 5.41) is 10.2. The van der Waals surface area contributed by atoms with Crippen LogP contribution in [0.1, 0.15) is 26.3 Å². The molecule has 0 radical (unpaired) electrons. The Kier molecular flexibility index (Phi) is 8.97. The molecule has 0 fully saturated rings. The van der Waals surface area contributed by atoms with Crippen molar-refractivity contribution in [2.45, 2.75) is 39.5 Å². The Labute approximate surface area is 152 Å². The molecule has 5 nitrogen and oxygen atoms in total. The van der Waals surface area contributed by atoms with E-state index < -0.39 is 6.10 Å². The van der Waals surface area contributed by atoms with Gasteiger partial charge in [-0.25, -0.2) is 0 Å². The predicted molar refractivity (Wildman–Crippen MR) is 103 cm³/mol. The average Bonchev–Trinajstić information content (AvgIpc) is 2.52. The lowest BCUT2D eigenvalue weighted by Crippen LogP contribution is -2.37. The maximum atomic E-state index is 10.2. The van der Waals surface area contributed by atoms with Crippen LogP contribution < -0.4 is 9.47 Å². The first-order chi connectivity index (χ1) is 11.7. The number of hydrogen-bond donors (Lipinski definition) is 1. The van der Waals surface area contributed by atoms with Gasteiger partial charge in [0.1, 0.15) is 12.7 Å². The highest BCUT2D eigenvalue weighted by Crippen LogP contribution is 2.28. The molecule has 0 bridgehead atoms. The van der Waals surface area contributed by atoms with Crippen LogP contribution in [-0.4, -0.2) is 68.0 Å². The van der Waals surface area contributed by atoms with Crippen LogP contribution in [-0.2, 0) is 6.54 Å². The van der Waals surface area contributed by atoms with Crippen molar-refractivity contribution in [3.05, 3.63) is 35.9 Å². The average molecular weight is 351 g/mol. The molecule has 0 heterocycles. The number of benzene rings is 1. The Morgan fingerprint density at radius 3 is 2.48 bits per heavy atom. The van der Waals surface area contributed by atoms with Crippen molar-refractivity contribution in [3.8, 4) is 11.5 Å². The lowest BCUT2D eigenvalue weighted by molar-refractivity contribution is 0.0668. The Morgan fingerprint density at radius 1 is 1.24 bits per heavy atom. The standard InChI is InChI=1S/C20H34N2O3/c1-15(2)11-21(5)12-17-8-9-19(24-7)20(10-17)25-14-18(23)13-22(6)16(3)4/h8-10,16,18,23H,1,11-14H2,2-7H3. The number of ether oxygens (including phenoxy) is 2. The van der Waals surface area contributed by atoms with Crippen LogP contribution in [0.2, 0.25) is 0 Å². The van der Waals surface area contributed by atoms with Gasteiger partial charge < -0.3 is 19.5 Å². The highest BCUT2D eigenvalue weighted by Gasteiger charge is 2.14. The second-order valence-corrected chi connectivity index (χ2v) is 7.11. The zero-order valence-electron chi connectivity index (χ0n) is 16.6. The third-order valence-electron chi connectivity index (χ3n) is 4.03. The van der Waals surface area contributed by atoms with E-state index in [4.69, 9.17) is 9.47 Å². The molecule has 0 aliphatic carbocycles. The number of aliphatic hydroxyl groups is 1. The molecule has 0 aliphatic heterocycles. The molecular formula is C20H34N2O3. The third-order valence-corrected chi connectivity index (χ3v) is 4.03. The molecule has 1 unspecified atom stereocenters. The van der Waals surface area contributed by atoms with E-state index in [2.05, 4.69) is 37.3 Å². The van der Waals surface area contributed by atoms with Crippen LogP contribution in [0.4, 0.5) is 0 Å². The third kappa shape index (κ3) is 7.90. The first-order valence-corrected chi connectivity index (χ1v) is 8.73. The number of methoxy groups -OCH3 is 1. The van der Waals surface area contributed by atoms with Crippen LogP contribution in [0.15, 0.2) is 30.4 Å². The second kappa shape index (κ2) is 10.4. The lowest BCUT2D eigenvalue weighted by atomic mass is 10.2. The molecule has 1 aromatic rings. The summed E-state index contributed by atoms with van der Waals surface area (Å²) in [6, 6.07) is 6.30. The van der Waals surface area contributed by atoms with E-state index in [0.29, 0.717) is 24.1 Å².